The zero-order chi connectivity index (χ0) is 13.6. The zero-order valence-electron chi connectivity index (χ0n) is 11.1. The molecule has 0 saturated heterocycles. The lowest BCUT2D eigenvalue weighted by atomic mass is 9.97. The Morgan fingerprint density at radius 2 is 2.05 bits per heavy atom. The number of aryl methyl sites for hydroxylation is 2. The van der Waals surface area contributed by atoms with Gasteiger partial charge in [-0.25, -0.2) is 4.79 Å². The van der Waals surface area contributed by atoms with Crippen LogP contribution in [0.25, 0.3) is 11.3 Å². The highest BCUT2D eigenvalue weighted by molar-refractivity contribution is 5.87. The van der Waals surface area contributed by atoms with Crippen molar-refractivity contribution in [2.45, 2.75) is 26.2 Å². The van der Waals surface area contributed by atoms with Crippen LogP contribution in [0.15, 0.2) is 18.2 Å². The highest BCUT2D eigenvalue weighted by Crippen LogP contribution is 2.34. The van der Waals surface area contributed by atoms with Crippen LogP contribution in [0.5, 0.6) is 0 Å². The van der Waals surface area contributed by atoms with Gasteiger partial charge in [0.15, 0.2) is 5.69 Å². The van der Waals surface area contributed by atoms with Gasteiger partial charge in [0.2, 0.25) is 0 Å². The molecule has 0 atom stereocenters. The van der Waals surface area contributed by atoms with Gasteiger partial charge in [0.1, 0.15) is 0 Å². The number of benzene rings is 1. The Balaban J connectivity index is 2.18. The number of carboxylic acids is 1. The van der Waals surface area contributed by atoms with E-state index in [2.05, 4.69) is 24.2 Å². The van der Waals surface area contributed by atoms with E-state index in [-0.39, 0.29) is 5.69 Å². The number of nitrogens with zero attached hydrogens (tertiary/aromatic N) is 2. The van der Waals surface area contributed by atoms with Crippen molar-refractivity contribution in [2.75, 3.05) is 0 Å². The summed E-state index contributed by atoms with van der Waals surface area (Å²) in [5, 5.41) is 13.1. The molecule has 1 aromatic carbocycles. The van der Waals surface area contributed by atoms with E-state index in [9.17, 15) is 4.79 Å². The van der Waals surface area contributed by atoms with Crippen LogP contribution in [0.3, 0.4) is 0 Å². The summed E-state index contributed by atoms with van der Waals surface area (Å²) in [7, 11) is 1.79. The lowest BCUT2D eigenvalue weighted by Crippen LogP contribution is -2.00. The summed E-state index contributed by atoms with van der Waals surface area (Å²) < 4.78 is 1.66. The van der Waals surface area contributed by atoms with Crippen LogP contribution in [-0.2, 0) is 19.9 Å². The third-order valence-electron chi connectivity index (χ3n) is 3.89. The van der Waals surface area contributed by atoms with Crippen molar-refractivity contribution in [3.63, 3.8) is 0 Å². The van der Waals surface area contributed by atoms with E-state index in [1.165, 1.54) is 23.1 Å². The van der Waals surface area contributed by atoms with E-state index >= 15 is 0 Å². The fourth-order valence-electron chi connectivity index (χ4n) is 2.95. The summed E-state index contributed by atoms with van der Waals surface area (Å²) in [5.74, 6) is -0.981. The molecule has 1 aromatic heterocycles. The largest absolute Gasteiger partial charge is 0.476 e. The minimum Gasteiger partial charge on any atom is -0.476 e. The molecule has 98 valence electrons. The first-order chi connectivity index (χ1) is 9.08. The molecule has 0 unspecified atom stereocenters. The van der Waals surface area contributed by atoms with Crippen molar-refractivity contribution >= 4 is 5.97 Å². The van der Waals surface area contributed by atoms with Gasteiger partial charge in [0.05, 0.1) is 5.69 Å². The number of aromatic carboxylic acids is 1. The molecule has 0 bridgehead atoms. The second-order valence-electron chi connectivity index (χ2n) is 5.08. The molecule has 2 aromatic rings. The molecular formula is C15H16N2O2. The Morgan fingerprint density at radius 3 is 2.74 bits per heavy atom. The van der Waals surface area contributed by atoms with Crippen molar-refractivity contribution in [3.8, 4) is 11.3 Å². The standard InChI is InChI=1S/C15H16N2O2/c1-9-6-7-12(11-5-3-4-10(9)11)14-8-13(15(18)19)16-17(14)2/h6-8H,3-5H2,1-2H3,(H,18,19). The average molecular weight is 256 g/mol. The Bertz CT molecular complexity index is 671. The molecule has 4 heteroatoms. The van der Waals surface area contributed by atoms with Crippen molar-refractivity contribution < 1.29 is 9.90 Å². The fourth-order valence-corrected chi connectivity index (χ4v) is 2.95. The van der Waals surface area contributed by atoms with E-state index in [0.29, 0.717) is 0 Å². The third-order valence-corrected chi connectivity index (χ3v) is 3.89. The Kier molecular flexibility index (Phi) is 2.66. The molecule has 0 spiro atoms. The van der Waals surface area contributed by atoms with Crippen molar-refractivity contribution in [2.24, 2.45) is 7.05 Å². The van der Waals surface area contributed by atoms with Gasteiger partial charge in [0, 0.05) is 12.6 Å². The Morgan fingerprint density at radius 1 is 1.32 bits per heavy atom. The number of aromatic nitrogens is 2. The second-order valence-corrected chi connectivity index (χ2v) is 5.08. The van der Waals surface area contributed by atoms with E-state index < -0.39 is 5.97 Å². The summed E-state index contributed by atoms with van der Waals surface area (Å²) in [6.07, 6.45) is 3.37. The van der Waals surface area contributed by atoms with Crippen LogP contribution >= 0.6 is 0 Å². The van der Waals surface area contributed by atoms with Crippen LogP contribution in [0.2, 0.25) is 0 Å². The van der Waals surface area contributed by atoms with Gasteiger partial charge in [-0.2, -0.15) is 5.10 Å². The summed E-state index contributed by atoms with van der Waals surface area (Å²) in [4.78, 5) is 11.0. The molecule has 1 N–H and O–H groups in total. The first-order valence-electron chi connectivity index (χ1n) is 6.47. The van der Waals surface area contributed by atoms with E-state index in [1.807, 2.05) is 0 Å². The van der Waals surface area contributed by atoms with Crippen LogP contribution in [-0.4, -0.2) is 20.9 Å². The molecule has 4 nitrogen and oxygen atoms in total. The molecule has 1 heterocycles. The smallest absolute Gasteiger partial charge is 0.356 e. The summed E-state index contributed by atoms with van der Waals surface area (Å²) in [5.41, 5.74) is 6.23. The van der Waals surface area contributed by atoms with Gasteiger partial charge < -0.3 is 5.11 Å². The summed E-state index contributed by atoms with van der Waals surface area (Å²) in [6, 6.07) is 5.86. The fraction of sp³-hybridized carbons (Fsp3) is 0.333. The first kappa shape index (κ1) is 12.0. The van der Waals surface area contributed by atoms with Gasteiger partial charge in [-0.15, -0.1) is 0 Å². The maximum absolute atomic E-state index is 11.0. The number of rotatable bonds is 2. The Labute approximate surface area is 111 Å². The number of hydrogen-bond acceptors (Lipinski definition) is 2. The van der Waals surface area contributed by atoms with Gasteiger partial charge >= 0.3 is 5.97 Å². The lowest BCUT2D eigenvalue weighted by Gasteiger charge is -2.11. The predicted molar refractivity (Wildman–Crippen MR) is 72.4 cm³/mol. The number of hydrogen-bond donors (Lipinski definition) is 1. The molecule has 0 aliphatic heterocycles. The second kappa shape index (κ2) is 4.23. The number of carbonyl (C=O) groups is 1. The minimum absolute atomic E-state index is 0.102. The molecule has 0 saturated carbocycles. The topological polar surface area (TPSA) is 55.1 Å². The highest BCUT2D eigenvalue weighted by Gasteiger charge is 2.20. The van der Waals surface area contributed by atoms with Crippen LogP contribution < -0.4 is 0 Å². The van der Waals surface area contributed by atoms with Gasteiger partial charge in [-0.1, -0.05) is 12.1 Å². The van der Waals surface area contributed by atoms with Crippen molar-refractivity contribution in [1.82, 2.24) is 9.78 Å². The molecule has 0 radical (unpaired) electrons. The van der Waals surface area contributed by atoms with Crippen LogP contribution in [0.4, 0.5) is 0 Å². The van der Waals surface area contributed by atoms with Crippen molar-refractivity contribution in [1.29, 1.82) is 0 Å². The van der Waals surface area contributed by atoms with E-state index in [1.54, 1.807) is 17.8 Å². The van der Waals surface area contributed by atoms with Gasteiger partial charge in [-0.3, -0.25) is 4.68 Å². The van der Waals surface area contributed by atoms with Crippen LogP contribution in [0.1, 0.15) is 33.6 Å². The molecule has 0 amide bonds. The molecule has 1 aliphatic rings. The maximum atomic E-state index is 11.0. The monoisotopic (exact) mass is 256 g/mol. The van der Waals surface area contributed by atoms with E-state index in [0.717, 1.165) is 24.1 Å². The third kappa shape index (κ3) is 1.84. The summed E-state index contributed by atoms with van der Waals surface area (Å²) in [6.45, 7) is 2.14. The van der Waals surface area contributed by atoms with Crippen molar-refractivity contribution in [3.05, 3.63) is 40.6 Å². The molecule has 1 aliphatic carbocycles. The SMILES string of the molecule is Cc1ccc(-c2cc(C(=O)O)nn2C)c2c1CCC2. The average Bonchev–Trinajstić information content (AvgIpc) is 2.97. The lowest BCUT2D eigenvalue weighted by molar-refractivity contribution is 0.0689. The molecule has 3 rings (SSSR count). The number of carboxylic acid groups (broad SMARTS) is 1. The molecular weight excluding hydrogens is 240 g/mol. The van der Waals surface area contributed by atoms with E-state index in [4.69, 9.17) is 5.11 Å². The zero-order valence-corrected chi connectivity index (χ0v) is 11.1. The summed E-state index contributed by atoms with van der Waals surface area (Å²) >= 11 is 0. The highest BCUT2D eigenvalue weighted by atomic mass is 16.4. The molecule has 0 fully saturated rings. The van der Waals surface area contributed by atoms with Gasteiger partial charge in [-0.05, 0) is 48.9 Å². The first-order valence-corrected chi connectivity index (χ1v) is 6.47. The maximum Gasteiger partial charge on any atom is 0.356 e. The van der Waals surface area contributed by atoms with Crippen LogP contribution in [0, 0.1) is 6.92 Å². The number of fused-ring (bicyclic) bond motifs is 1. The normalized spacial score (nSPS) is 13.6. The minimum atomic E-state index is -0.981. The van der Waals surface area contributed by atoms with Gasteiger partial charge in [0.25, 0.3) is 0 Å². The quantitative estimate of drug-likeness (QED) is 0.898. The predicted octanol–water partition coefficient (Wildman–Crippen LogP) is 2.58. The Hall–Kier alpha value is -2.10. The molecule has 19 heavy (non-hydrogen) atoms.